The molecule has 6 nitrogen and oxygen atoms in total. The number of rotatable bonds is 7. The molecular formula is C23H34IN5OS. The molecule has 3 heterocycles. The van der Waals surface area contributed by atoms with Gasteiger partial charge in [0.15, 0.2) is 11.1 Å². The average molecular weight is 556 g/mol. The summed E-state index contributed by atoms with van der Waals surface area (Å²) in [4.78, 5) is 14.5. The smallest absolute Gasteiger partial charge is 0.193 e. The number of aromatic nitrogens is 1. The van der Waals surface area contributed by atoms with Crippen molar-refractivity contribution in [2.24, 2.45) is 4.99 Å². The quantitative estimate of drug-likeness (QED) is 0.312. The molecule has 1 aromatic heterocycles. The van der Waals surface area contributed by atoms with Crippen LogP contribution in [0.2, 0.25) is 0 Å². The summed E-state index contributed by atoms with van der Waals surface area (Å²) < 4.78 is 6.13. The van der Waals surface area contributed by atoms with Gasteiger partial charge < -0.3 is 19.9 Å². The van der Waals surface area contributed by atoms with Gasteiger partial charge in [0.25, 0.3) is 0 Å². The Bertz CT molecular complexity index is 801. The van der Waals surface area contributed by atoms with Crippen molar-refractivity contribution in [1.82, 2.24) is 15.2 Å². The van der Waals surface area contributed by atoms with Gasteiger partial charge in [0.05, 0.1) is 5.69 Å². The summed E-state index contributed by atoms with van der Waals surface area (Å²) in [5.74, 6) is 1.98. The van der Waals surface area contributed by atoms with Crippen LogP contribution in [0.25, 0.3) is 0 Å². The monoisotopic (exact) mass is 555 g/mol. The van der Waals surface area contributed by atoms with Crippen LogP contribution in [-0.2, 0) is 6.42 Å². The highest BCUT2D eigenvalue weighted by molar-refractivity contribution is 14.0. The predicted molar refractivity (Wildman–Crippen MR) is 140 cm³/mol. The number of para-hydroxylation sites is 1. The SMILES string of the molecule is CCNC(=NCCc1csc(N2CCCC2)n1)N1CCC(Oc2ccccc2)CC1.I. The van der Waals surface area contributed by atoms with Crippen LogP contribution < -0.4 is 15.0 Å². The normalized spacial score (nSPS) is 17.5. The fourth-order valence-corrected chi connectivity index (χ4v) is 4.96. The Morgan fingerprint density at radius 2 is 1.90 bits per heavy atom. The van der Waals surface area contributed by atoms with E-state index in [4.69, 9.17) is 14.7 Å². The zero-order chi connectivity index (χ0) is 20.6. The van der Waals surface area contributed by atoms with Crippen molar-refractivity contribution < 1.29 is 4.74 Å². The minimum atomic E-state index is 0. The number of aliphatic imine (C=N–C) groups is 1. The van der Waals surface area contributed by atoms with Gasteiger partial charge in [-0.3, -0.25) is 4.99 Å². The summed E-state index contributed by atoms with van der Waals surface area (Å²) in [6, 6.07) is 10.1. The molecule has 170 valence electrons. The topological polar surface area (TPSA) is 53.0 Å². The molecule has 0 saturated carbocycles. The molecule has 0 atom stereocenters. The summed E-state index contributed by atoms with van der Waals surface area (Å²) in [6.07, 6.45) is 5.80. The minimum Gasteiger partial charge on any atom is -0.490 e. The van der Waals surface area contributed by atoms with Crippen molar-refractivity contribution in [3.8, 4) is 5.75 Å². The summed E-state index contributed by atoms with van der Waals surface area (Å²) >= 11 is 1.77. The molecule has 2 fully saturated rings. The maximum atomic E-state index is 6.13. The first-order valence-corrected chi connectivity index (χ1v) is 12.1. The van der Waals surface area contributed by atoms with Crippen LogP contribution in [-0.4, -0.2) is 61.2 Å². The van der Waals surface area contributed by atoms with Crippen LogP contribution in [0.1, 0.15) is 38.3 Å². The van der Waals surface area contributed by atoms with Crippen molar-refractivity contribution in [3.05, 3.63) is 41.4 Å². The van der Waals surface area contributed by atoms with Gasteiger partial charge in [0.2, 0.25) is 0 Å². The van der Waals surface area contributed by atoms with Gasteiger partial charge in [0, 0.05) is 63.9 Å². The maximum Gasteiger partial charge on any atom is 0.193 e. The molecule has 2 aromatic rings. The molecular weight excluding hydrogens is 521 g/mol. The highest BCUT2D eigenvalue weighted by atomic mass is 127. The Hall–Kier alpha value is -1.55. The van der Waals surface area contributed by atoms with E-state index in [2.05, 4.69) is 27.4 Å². The molecule has 0 amide bonds. The largest absolute Gasteiger partial charge is 0.490 e. The number of nitrogens with zero attached hydrogens (tertiary/aromatic N) is 4. The minimum absolute atomic E-state index is 0. The zero-order valence-corrected chi connectivity index (χ0v) is 21.5. The summed E-state index contributed by atoms with van der Waals surface area (Å²) in [5, 5.41) is 6.84. The van der Waals surface area contributed by atoms with Gasteiger partial charge in [-0.1, -0.05) is 18.2 Å². The lowest BCUT2D eigenvalue weighted by Gasteiger charge is -2.34. The molecule has 0 spiro atoms. The van der Waals surface area contributed by atoms with Gasteiger partial charge in [-0.2, -0.15) is 0 Å². The van der Waals surface area contributed by atoms with E-state index in [1.807, 2.05) is 30.3 Å². The van der Waals surface area contributed by atoms with E-state index in [1.165, 1.54) is 18.0 Å². The van der Waals surface area contributed by atoms with Gasteiger partial charge in [-0.15, -0.1) is 35.3 Å². The number of benzene rings is 1. The van der Waals surface area contributed by atoms with Crippen LogP contribution >= 0.6 is 35.3 Å². The standard InChI is InChI=1S/C23H33N5OS.HI/c1-2-24-22(25-13-10-19-18-30-23(26-19)28-14-6-7-15-28)27-16-11-21(12-17-27)29-20-8-4-3-5-9-20;/h3-5,8-9,18,21H,2,6-7,10-17H2,1H3,(H,24,25);1H. The molecule has 0 bridgehead atoms. The van der Waals surface area contributed by atoms with Gasteiger partial charge in [0.1, 0.15) is 11.9 Å². The number of thiazole rings is 1. The van der Waals surface area contributed by atoms with Crippen molar-refractivity contribution in [2.45, 2.75) is 45.1 Å². The number of hydrogen-bond donors (Lipinski definition) is 1. The van der Waals surface area contributed by atoms with Crippen LogP contribution in [0.4, 0.5) is 5.13 Å². The Balaban J connectivity index is 0.00000272. The van der Waals surface area contributed by atoms with E-state index in [9.17, 15) is 0 Å². The Morgan fingerprint density at radius 1 is 1.16 bits per heavy atom. The molecule has 8 heteroatoms. The van der Waals surface area contributed by atoms with E-state index < -0.39 is 0 Å². The predicted octanol–water partition coefficient (Wildman–Crippen LogP) is 4.41. The van der Waals surface area contributed by atoms with Gasteiger partial charge in [-0.05, 0) is 31.9 Å². The maximum absolute atomic E-state index is 6.13. The number of halogens is 1. The number of nitrogens with one attached hydrogen (secondary N) is 1. The first kappa shape index (κ1) is 24.1. The molecule has 2 aliphatic rings. The second kappa shape index (κ2) is 12.5. The number of likely N-dealkylation sites (tertiary alicyclic amines) is 1. The van der Waals surface area contributed by atoms with Crippen LogP contribution in [0, 0.1) is 0 Å². The molecule has 1 N–H and O–H groups in total. The first-order valence-electron chi connectivity index (χ1n) is 11.3. The molecule has 0 aliphatic carbocycles. The van der Waals surface area contributed by atoms with E-state index in [-0.39, 0.29) is 30.1 Å². The second-order valence-electron chi connectivity index (χ2n) is 7.92. The van der Waals surface area contributed by atoms with Gasteiger partial charge in [-0.25, -0.2) is 4.98 Å². The lowest BCUT2D eigenvalue weighted by Crippen LogP contribution is -2.47. The Kier molecular flexibility index (Phi) is 9.70. The number of piperidine rings is 1. The number of anilines is 1. The van der Waals surface area contributed by atoms with Crippen molar-refractivity contribution in [1.29, 1.82) is 0 Å². The van der Waals surface area contributed by atoms with E-state index in [0.29, 0.717) is 0 Å². The van der Waals surface area contributed by atoms with Crippen LogP contribution in [0.3, 0.4) is 0 Å². The van der Waals surface area contributed by atoms with Crippen molar-refractivity contribution in [2.75, 3.05) is 44.2 Å². The third-order valence-electron chi connectivity index (χ3n) is 5.67. The van der Waals surface area contributed by atoms with Crippen molar-refractivity contribution in [3.63, 3.8) is 0 Å². The Morgan fingerprint density at radius 3 is 2.61 bits per heavy atom. The average Bonchev–Trinajstić information content (AvgIpc) is 3.47. The fourth-order valence-electron chi connectivity index (χ4n) is 4.04. The molecule has 1 aromatic carbocycles. The van der Waals surface area contributed by atoms with Crippen molar-refractivity contribution >= 4 is 46.4 Å². The Labute approximate surface area is 207 Å². The third-order valence-corrected chi connectivity index (χ3v) is 6.62. The first-order chi connectivity index (χ1) is 14.8. The molecule has 4 rings (SSSR count). The molecule has 0 unspecified atom stereocenters. The zero-order valence-electron chi connectivity index (χ0n) is 18.3. The number of hydrogen-bond acceptors (Lipinski definition) is 5. The van der Waals surface area contributed by atoms with Gasteiger partial charge >= 0.3 is 0 Å². The van der Waals surface area contributed by atoms with E-state index >= 15 is 0 Å². The summed E-state index contributed by atoms with van der Waals surface area (Å²) in [5.41, 5.74) is 1.16. The van der Waals surface area contributed by atoms with Crippen LogP contribution in [0.5, 0.6) is 5.75 Å². The lowest BCUT2D eigenvalue weighted by molar-refractivity contribution is 0.129. The van der Waals surface area contributed by atoms with E-state index in [0.717, 1.165) is 75.9 Å². The van der Waals surface area contributed by atoms with Crippen LogP contribution in [0.15, 0.2) is 40.7 Å². The summed E-state index contributed by atoms with van der Waals surface area (Å²) in [7, 11) is 0. The molecule has 31 heavy (non-hydrogen) atoms. The highest BCUT2D eigenvalue weighted by Gasteiger charge is 2.22. The van der Waals surface area contributed by atoms with E-state index in [1.54, 1.807) is 11.3 Å². The molecule has 2 saturated heterocycles. The molecule has 0 radical (unpaired) electrons. The fraction of sp³-hybridized carbons (Fsp3) is 0.565. The number of guanidine groups is 1. The lowest BCUT2D eigenvalue weighted by atomic mass is 10.1. The third kappa shape index (κ3) is 6.97. The summed E-state index contributed by atoms with van der Waals surface area (Å²) in [6.45, 7) is 8.03. The molecule has 2 aliphatic heterocycles. The number of ether oxygens (including phenoxy) is 1. The second-order valence-corrected chi connectivity index (χ2v) is 8.76. The highest BCUT2D eigenvalue weighted by Crippen LogP contribution is 2.24.